The van der Waals surface area contributed by atoms with Gasteiger partial charge in [0.05, 0.1) is 0 Å². The molecule has 0 aromatic rings. The molecule has 2 aliphatic rings. The maximum Gasteiger partial charge on any atom is 0.221 e. The van der Waals surface area contributed by atoms with E-state index in [4.69, 9.17) is 0 Å². The molecule has 17 heavy (non-hydrogen) atoms. The first-order chi connectivity index (χ1) is 8.16. The molecule has 4 heteroatoms. The van der Waals surface area contributed by atoms with Crippen LogP contribution in [0.3, 0.4) is 0 Å². The van der Waals surface area contributed by atoms with Crippen LogP contribution in [0.15, 0.2) is 0 Å². The topological polar surface area (TPSA) is 44.4 Å². The monoisotopic (exact) mass is 239 g/mol. The van der Waals surface area contributed by atoms with E-state index < -0.39 is 0 Å². The molecule has 2 fully saturated rings. The molecular weight excluding hydrogens is 214 g/mol. The molecule has 0 bridgehead atoms. The van der Waals surface area contributed by atoms with Crippen molar-refractivity contribution >= 4 is 5.91 Å². The summed E-state index contributed by atoms with van der Waals surface area (Å²) >= 11 is 0. The number of hydrogen-bond acceptors (Lipinski definition) is 3. The third kappa shape index (κ3) is 4.64. The Morgan fingerprint density at radius 3 is 2.65 bits per heavy atom. The SMILES string of the molecule is CC(CNC(=O)CCNC1CC1)N(C)C1CC1. The van der Waals surface area contributed by atoms with Gasteiger partial charge in [0.1, 0.15) is 0 Å². The summed E-state index contributed by atoms with van der Waals surface area (Å²) in [6.07, 6.45) is 5.81. The van der Waals surface area contributed by atoms with Crippen LogP contribution in [-0.2, 0) is 4.79 Å². The quantitative estimate of drug-likeness (QED) is 0.656. The lowest BCUT2D eigenvalue weighted by Gasteiger charge is -2.24. The van der Waals surface area contributed by atoms with Crippen molar-refractivity contribution in [3.8, 4) is 0 Å². The fraction of sp³-hybridized carbons (Fsp3) is 0.923. The largest absolute Gasteiger partial charge is 0.355 e. The Kier molecular flexibility index (Phi) is 4.40. The van der Waals surface area contributed by atoms with Crippen molar-refractivity contribution in [1.82, 2.24) is 15.5 Å². The Bertz CT molecular complexity index is 261. The number of carbonyl (C=O) groups is 1. The van der Waals surface area contributed by atoms with E-state index in [2.05, 4.69) is 29.5 Å². The second kappa shape index (κ2) is 5.83. The molecule has 0 radical (unpaired) electrons. The van der Waals surface area contributed by atoms with E-state index in [-0.39, 0.29) is 5.91 Å². The highest BCUT2D eigenvalue weighted by molar-refractivity contribution is 5.76. The van der Waals surface area contributed by atoms with Gasteiger partial charge in [0.2, 0.25) is 5.91 Å². The van der Waals surface area contributed by atoms with E-state index in [1.807, 2.05) is 0 Å². The number of nitrogens with one attached hydrogen (secondary N) is 2. The van der Waals surface area contributed by atoms with E-state index in [0.717, 1.165) is 19.1 Å². The fourth-order valence-electron chi connectivity index (χ4n) is 2.01. The summed E-state index contributed by atoms with van der Waals surface area (Å²) < 4.78 is 0. The van der Waals surface area contributed by atoms with Gasteiger partial charge >= 0.3 is 0 Å². The maximum atomic E-state index is 11.6. The van der Waals surface area contributed by atoms with Gasteiger partial charge in [-0.25, -0.2) is 0 Å². The van der Waals surface area contributed by atoms with E-state index in [1.54, 1.807) is 0 Å². The number of hydrogen-bond donors (Lipinski definition) is 2. The average Bonchev–Trinajstić information content (AvgIpc) is 3.16. The third-order valence-electron chi connectivity index (χ3n) is 3.78. The first-order valence-electron chi connectivity index (χ1n) is 6.89. The van der Waals surface area contributed by atoms with E-state index >= 15 is 0 Å². The van der Waals surface area contributed by atoms with Gasteiger partial charge in [0.25, 0.3) is 0 Å². The molecule has 0 aliphatic heterocycles. The molecular formula is C13H25N3O. The minimum atomic E-state index is 0.175. The normalized spacial score (nSPS) is 21.6. The van der Waals surface area contributed by atoms with Gasteiger partial charge in [0, 0.05) is 37.6 Å². The highest BCUT2D eigenvalue weighted by Crippen LogP contribution is 2.26. The van der Waals surface area contributed by atoms with Crippen LogP contribution < -0.4 is 10.6 Å². The highest BCUT2D eigenvalue weighted by Gasteiger charge is 2.29. The Morgan fingerprint density at radius 1 is 1.35 bits per heavy atom. The van der Waals surface area contributed by atoms with E-state index in [1.165, 1.54) is 25.7 Å². The molecule has 2 aliphatic carbocycles. The van der Waals surface area contributed by atoms with Gasteiger partial charge in [-0.15, -0.1) is 0 Å². The lowest BCUT2D eigenvalue weighted by molar-refractivity contribution is -0.121. The number of carbonyl (C=O) groups excluding carboxylic acids is 1. The van der Waals surface area contributed by atoms with E-state index in [0.29, 0.717) is 18.5 Å². The summed E-state index contributed by atoms with van der Waals surface area (Å²) in [4.78, 5) is 14.0. The van der Waals surface area contributed by atoms with Gasteiger partial charge in [-0.05, 0) is 39.7 Å². The van der Waals surface area contributed by atoms with Gasteiger partial charge in [-0.2, -0.15) is 0 Å². The minimum Gasteiger partial charge on any atom is -0.355 e. The summed E-state index contributed by atoms with van der Waals surface area (Å²) in [5, 5.41) is 6.37. The highest BCUT2D eigenvalue weighted by atomic mass is 16.1. The van der Waals surface area contributed by atoms with Gasteiger partial charge < -0.3 is 10.6 Å². The molecule has 1 atom stereocenters. The van der Waals surface area contributed by atoms with Crippen molar-refractivity contribution in [3.05, 3.63) is 0 Å². The van der Waals surface area contributed by atoms with Crippen LogP contribution in [0.5, 0.6) is 0 Å². The van der Waals surface area contributed by atoms with Crippen LogP contribution in [-0.4, -0.2) is 49.1 Å². The number of amides is 1. The Labute approximate surface area is 104 Å². The van der Waals surface area contributed by atoms with Gasteiger partial charge in [0.15, 0.2) is 0 Å². The Hall–Kier alpha value is -0.610. The molecule has 0 aromatic carbocycles. The zero-order valence-corrected chi connectivity index (χ0v) is 11.0. The summed E-state index contributed by atoms with van der Waals surface area (Å²) in [7, 11) is 2.16. The zero-order chi connectivity index (χ0) is 12.3. The van der Waals surface area contributed by atoms with Crippen LogP contribution in [0.25, 0.3) is 0 Å². The van der Waals surface area contributed by atoms with Crippen molar-refractivity contribution in [2.45, 2.75) is 57.2 Å². The van der Waals surface area contributed by atoms with Crippen molar-refractivity contribution < 1.29 is 4.79 Å². The predicted molar refractivity (Wildman–Crippen MR) is 68.9 cm³/mol. The molecule has 98 valence electrons. The smallest absolute Gasteiger partial charge is 0.221 e. The zero-order valence-electron chi connectivity index (χ0n) is 11.0. The Balaban J connectivity index is 1.51. The van der Waals surface area contributed by atoms with Crippen molar-refractivity contribution in [1.29, 1.82) is 0 Å². The van der Waals surface area contributed by atoms with Crippen molar-refractivity contribution in [2.75, 3.05) is 20.1 Å². The molecule has 4 nitrogen and oxygen atoms in total. The lowest BCUT2D eigenvalue weighted by atomic mass is 10.2. The van der Waals surface area contributed by atoms with E-state index in [9.17, 15) is 4.79 Å². The summed E-state index contributed by atoms with van der Waals surface area (Å²) in [5.41, 5.74) is 0. The number of likely N-dealkylation sites (N-methyl/N-ethyl adjacent to an activating group) is 1. The second-order valence-corrected chi connectivity index (χ2v) is 5.53. The maximum absolute atomic E-state index is 11.6. The number of rotatable bonds is 8. The minimum absolute atomic E-state index is 0.175. The summed E-state index contributed by atoms with van der Waals surface area (Å²) in [6.45, 7) is 3.78. The lowest BCUT2D eigenvalue weighted by Crippen LogP contribution is -2.41. The van der Waals surface area contributed by atoms with Crippen molar-refractivity contribution in [3.63, 3.8) is 0 Å². The second-order valence-electron chi connectivity index (χ2n) is 5.53. The van der Waals surface area contributed by atoms with Crippen LogP contribution >= 0.6 is 0 Å². The van der Waals surface area contributed by atoms with Gasteiger partial charge in [-0.3, -0.25) is 9.69 Å². The van der Waals surface area contributed by atoms with Crippen molar-refractivity contribution in [2.24, 2.45) is 0 Å². The third-order valence-corrected chi connectivity index (χ3v) is 3.78. The summed E-state index contributed by atoms with van der Waals surface area (Å²) in [5.74, 6) is 0.175. The molecule has 2 rings (SSSR count). The van der Waals surface area contributed by atoms with Crippen LogP contribution in [0.4, 0.5) is 0 Å². The molecule has 1 unspecified atom stereocenters. The molecule has 0 heterocycles. The first-order valence-corrected chi connectivity index (χ1v) is 6.89. The molecule has 0 aromatic heterocycles. The molecule has 2 N–H and O–H groups in total. The van der Waals surface area contributed by atoms with Crippen LogP contribution in [0.2, 0.25) is 0 Å². The molecule has 2 saturated carbocycles. The summed E-state index contributed by atoms with van der Waals surface area (Å²) in [6, 6.07) is 1.91. The molecule has 0 spiro atoms. The fourth-order valence-corrected chi connectivity index (χ4v) is 2.01. The van der Waals surface area contributed by atoms with Crippen LogP contribution in [0.1, 0.15) is 39.0 Å². The number of nitrogens with zero attached hydrogens (tertiary/aromatic N) is 1. The molecule has 0 saturated heterocycles. The predicted octanol–water partition coefficient (Wildman–Crippen LogP) is 0.727. The Morgan fingerprint density at radius 2 is 2.06 bits per heavy atom. The first kappa shape index (κ1) is 12.8. The van der Waals surface area contributed by atoms with Crippen LogP contribution in [0, 0.1) is 0 Å². The standard InChI is InChI=1S/C13H25N3O/c1-10(16(2)12-5-6-12)9-15-13(17)7-8-14-11-3-4-11/h10-12,14H,3-9H2,1-2H3,(H,15,17). The molecule has 1 amide bonds. The van der Waals surface area contributed by atoms with Gasteiger partial charge in [-0.1, -0.05) is 0 Å². The average molecular weight is 239 g/mol.